The van der Waals surface area contributed by atoms with Crippen LogP contribution in [0.5, 0.6) is 0 Å². The van der Waals surface area contributed by atoms with Crippen LogP contribution in [0.25, 0.3) is 0 Å². The number of likely N-dealkylation sites (tertiary alicyclic amines) is 1. The maximum atomic E-state index is 13.8. The molecular formula is C18H22F2N4O2. The molecule has 3 atom stereocenters. The fraction of sp³-hybridized carbons (Fsp3) is 0.500. The first-order chi connectivity index (χ1) is 12.4. The number of piperidine rings is 1. The molecule has 0 amide bonds. The van der Waals surface area contributed by atoms with Crippen molar-refractivity contribution in [1.29, 1.82) is 0 Å². The lowest BCUT2D eigenvalue weighted by molar-refractivity contribution is -0.385. The fourth-order valence-corrected chi connectivity index (χ4v) is 3.83. The molecule has 0 unspecified atom stereocenters. The second kappa shape index (κ2) is 7.49. The lowest BCUT2D eigenvalue weighted by atomic mass is 9.93. The van der Waals surface area contributed by atoms with E-state index in [-0.39, 0.29) is 24.2 Å². The van der Waals surface area contributed by atoms with E-state index in [1.54, 1.807) is 6.92 Å². The quantitative estimate of drug-likeness (QED) is 0.591. The summed E-state index contributed by atoms with van der Waals surface area (Å²) < 4.78 is 29.1. The lowest BCUT2D eigenvalue weighted by Gasteiger charge is -2.42. The lowest BCUT2D eigenvalue weighted by Crippen LogP contribution is -2.48. The van der Waals surface area contributed by atoms with Crippen molar-refractivity contribution in [2.24, 2.45) is 0 Å². The Hall–Kier alpha value is -2.35. The Balaban J connectivity index is 1.81. The van der Waals surface area contributed by atoms with E-state index in [9.17, 15) is 18.9 Å². The Bertz CT molecular complexity index is 766. The van der Waals surface area contributed by atoms with Crippen LogP contribution >= 0.6 is 0 Å². The molecule has 26 heavy (non-hydrogen) atoms. The highest BCUT2D eigenvalue weighted by Crippen LogP contribution is 2.36. The zero-order valence-corrected chi connectivity index (χ0v) is 14.8. The van der Waals surface area contributed by atoms with Gasteiger partial charge in [0, 0.05) is 12.6 Å². The summed E-state index contributed by atoms with van der Waals surface area (Å²) in [6.45, 7) is 4.04. The molecular weight excluding hydrogens is 342 g/mol. The third kappa shape index (κ3) is 3.46. The first kappa shape index (κ1) is 18.4. The molecule has 6 nitrogen and oxygen atoms in total. The molecule has 0 N–H and O–H groups in total. The van der Waals surface area contributed by atoms with Gasteiger partial charge in [0.05, 0.1) is 17.0 Å². The summed E-state index contributed by atoms with van der Waals surface area (Å²) in [5.74, 6) is 0. The van der Waals surface area contributed by atoms with E-state index in [0.717, 1.165) is 5.56 Å². The van der Waals surface area contributed by atoms with Gasteiger partial charge in [-0.25, -0.2) is 8.78 Å². The van der Waals surface area contributed by atoms with E-state index < -0.39 is 17.4 Å². The second-order valence-corrected chi connectivity index (χ2v) is 6.72. The van der Waals surface area contributed by atoms with Crippen LogP contribution in [-0.4, -0.2) is 38.6 Å². The molecule has 1 aromatic carbocycles. The Morgan fingerprint density at radius 3 is 2.58 bits per heavy atom. The molecule has 0 bridgehead atoms. The third-order valence-electron chi connectivity index (χ3n) is 5.29. The Labute approximate surface area is 150 Å². The van der Waals surface area contributed by atoms with E-state index in [0.29, 0.717) is 18.7 Å². The topological polar surface area (TPSA) is 64.2 Å². The summed E-state index contributed by atoms with van der Waals surface area (Å²) in [6.07, 6.45) is -0.449. The molecule has 1 aromatic heterocycles. The summed E-state index contributed by atoms with van der Waals surface area (Å²) in [5.41, 5.74) is 1.35. The molecule has 0 spiro atoms. The normalized spacial score (nSPS) is 22.5. The van der Waals surface area contributed by atoms with Crippen molar-refractivity contribution < 1.29 is 13.7 Å². The fourth-order valence-electron chi connectivity index (χ4n) is 3.83. The van der Waals surface area contributed by atoms with Crippen molar-refractivity contribution in [2.45, 2.75) is 51.2 Å². The molecule has 8 heteroatoms. The van der Waals surface area contributed by atoms with Gasteiger partial charge in [0.15, 0.2) is 0 Å². The monoisotopic (exact) mass is 364 g/mol. The Morgan fingerprint density at radius 1 is 1.31 bits per heavy atom. The van der Waals surface area contributed by atoms with Crippen LogP contribution in [0.3, 0.4) is 0 Å². The number of benzene rings is 1. The summed E-state index contributed by atoms with van der Waals surface area (Å²) in [6, 6.07) is 8.31. The van der Waals surface area contributed by atoms with Crippen LogP contribution in [-0.2, 0) is 0 Å². The first-order valence-electron chi connectivity index (χ1n) is 8.67. The minimum absolute atomic E-state index is 0.0707. The minimum atomic E-state index is -2.49. The number of nitro groups is 1. The summed E-state index contributed by atoms with van der Waals surface area (Å²) >= 11 is 0. The number of alkyl halides is 2. The summed E-state index contributed by atoms with van der Waals surface area (Å²) in [5, 5.41) is 15.1. The van der Waals surface area contributed by atoms with Crippen molar-refractivity contribution in [3.8, 4) is 0 Å². The van der Waals surface area contributed by atoms with Gasteiger partial charge < -0.3 is 0 Å². The van der Waals surface area contributed by atoms with E-state index in [1.807, 2.05) is 42.2 Å². The second-order valence-electron chi connectivity index (χ2n) is 6.72. The van der Waals surface area contributed by atoms with Crippen molar-refractivity contribution in [3.63, 3.8) is 0 Å². The molecule has 0 aliphatic carbocycles. The molecule has 2 heterocycles. The molecule has 1 fully saturated rings. The standard InChI is InChI=1S/C18H22F2N4O2/c1-12(14-6-4-3-5-7-14)22-9-8-15(10-16(22)18(19)20)23-13(2)17(11-21-23)24(25)26/h3-7,11-12,15-16,18H,8-10H2,1-2H3/t12-,15-,16-/m1/s1. The number of halogens is 2. The van der Waals surface area contributed by atoms with Crippen LogP contribution in [0.2, 0.25) is 0 Å². The van der Waals surface area contributed by atoms with Crippen molar-refractivity contribution in [3.05, 3.63) is 57.9 Å². The SMILES string of the molecule is Cc1c([N+](=O)[O-])cnn1[C@@H]1CCN([C@H](C)c2ccccc2)[C@@H](C(F)F)C1. The number of rotatable bonds is 5. The zero-order chi connectivity index (χ0) is 18.8. The van der Waals surface area contributed by atoms with Crippen LogP contribution in [0.15, 0.2) is 36.5 Å². The summed E-state index contributed by atoms with van der Waals surface area (Å²) in [7, 11) is 0. The predicted octanol–water partition coefficient (Wildman–Crippen LogP) is 4.13. The van der Waals surface area contributed by atoms with E-state index in [1.165, 1.54) is 10.9 Å². The van der Waals surface area contributed by atoms with Crippen LogP contribution < -0.4 is 0 Å². The maximum absolute atomic E-state index is 13.8. The van der Waals surface area contributed by atoms with Gasteiger partial charge in [-0.1, -0.05) is 30.3 Å². The molecule has 2 aromatic rings. The van der Waals surface area contributed by atoms with Gasteiger partial charge in [-0.05, 0) is 32.3 Å². The van der Waals surface area contributed by atoms with E-state index in [4.69, 9.17) is 0 Å². The highest BCUT2D eigenvalue weighted by atomic mass is 19.3. The maximum Gasteiger partial charge on any atom is 0.309 e. The number of hydrogen-bond acceptors (Lipinski definition) is 4. The minimum Gasteiger partial charge on any atom is -0.288 e. The smallest absolute Gasteiger partial charge is 0.288 e. The van der Waals surface area contributed by atoms with Gasteiger partial charge in [-0.3, -0.25) is 19.7 Å². The van der Waals surface area contributed by atoms with Gasteiger partial charge >= 0.3 is 5.69 Å². The molecule has 1 aliphatic rings. The van der Waals surface area contributed by atoms with Crippen molar-refractivity contribution in [1.82, 2.24) is 14.7 Å². The number of hydrogen-bond donors (Lipinski definition) is 0. The van der Waals surface area contributed by atoms with Gasteiger partial charge in [0.25, 0.3) is 6.43 Å². The summed E-state index contributed by atoms with van der Waals surface area (Å²) in [4.78, 5) is 12.4. The molecule has 0 saturated carbocycles. The average molecular weight is 364 g/mol. The van der Waals surface area contributed by atoms with Gasteiger partial charge in [0.1, 0.15) is 11.9 Å². The van der Waals surface area contributed by atoms with Gasteiger partial charge in [0.2, 0.25) is 0 Å². The van der Waals surface area contributed by atoms with Gasteiger partial charge in [-0.15, -0.1) is 0 Å². The highest BCUT2D eigenvalue weighted by molar-refractivity contribution is 5.32. The Morgan fingerprint density at radius 2 is 2.00 bits per heavy atom. The largest absolute Gasteiger partial charge is 0.309 e. The molecule has 0 radical (unpaired) electrons. The van der Waals surface area contributed by atoms with Crippen LogP contribution in [0.1, 0.15) is 43.1 Å². The first-order valence-corrected chi connectivity index (χ1v) is 8.67. The number of nitrogens with zero attached hydrogens (tertiary/aromatic N) is 4. The highest BCUT2D eigenvalue weighted by Gasteiger charge is 2.39. The van der Waals surface area contributed by atoms with E-state index in [2.05, 4.69) is 5.10 Å². The van der Waals surface area contributed by atoms with Crippen LogP contribution in [0, 0.1) is 17.0 Å². The van der Waals surface area contributed by atoms with E-state index >= 15 is 0 Å². The molecule has 3 rings (SSSR count). The molecule has 1 aliphatic heterocycles. The molecule has 140 valence electrons. The van der Waals surface area contributed by atoms with Gasteiger partial charge in [-0.2, -0.15) is 5.10 Å². The zero-order valence-electron chi connectivity index (χ0n) is 14.8. The van der Waals surface area contributed by atoms with Crippen molar-refractivity contribution >= 4 is 5.69 Å². The number of aromatic nitrogens is 2. The third-order valence-corrected chi connectivity index (χ3v) is 5.29. The van der Waals surface area contributed by atoms with Crippen molar-refractivity contribution in [2.75, 3.05) is 6.54 Å². The molecule has 1 saturated heterocycles. The van der Waals surface area contributed by atoms with Crippen LogP contribution in [0.4, 0.5) is 14.5 Å². The Kier molecular flexibility index (Phi) is 5.31. The average Bonchev–Trinajstić information content (AvgIpc) is 3.03. The predicted molar refractivity (Wildman–Crippen MR) is 93.2 cm³/mol.